The van der Waals surface area contributed by atoms with E-state index in [2.05, 4.69) is 15.1 Å². The van der Waals surface area contributed by atoms with Crippen molar-refractivity contribution in [3.8, 4) is 0 Å². The molecule has 0 spiro atoms. The molecule has 130 valence electrons. The molecule has 3 heterocycles. The van der Waals surface area contributed by atoms with E-state index in [0.717, 1.165) is 35.6 Å². The number of nitrogens with zero attached hydrogens (tertiary/aromatic N) is 5. The lowest BCUT2D eigenvalue weighted by Crippen LogP contribution is -2.30. The van der Waals surface area contributed by atoms with Gasteiger partial charge < -0.3 is 13.8 Å². The van der Waals surface area contributed by atoms with Crippen molar-refractivity contribution in [2.45, 2.75) is 38.5 Å². The van der Waals surface area contributed by atoms with Crippen molar-refractivity contribution in [2.24, 2.45) is 0 Å². The zero-order chi connectivity index (χ0) is 17.4. The van der Waals surface area contributed by atoms with Gasteiger partial charge in [-0.05, 0) is 31.4 Å². The SMILES string of the molecule is Cc1cccn2c(CC(=O)N(C)CCc3noc(C4CC4)n3)cnc12. The molecule has 3 aromatic rings. The van der Waals surface area contributed by atoms with E-state index in [4.69, 9.17) is 4.52 Å². The summed E-state index contributed by atoms with van der Waals surface area (Å²) in [5.41, 5.74) is 2.89. The van der Waals surface area contributed by atoms with Gasteiger partial charge in [0.05, 0.1) is 12.1 Å². The smallest absolute Gasteiger partial charge is 0.229 e. The summed E-state index contributed by atoms with van der Waals surface area (Å²) in [6, 6.07) is 3.98. The van der Waals surface area contributed by atoms with Crippen LogP contribution in [0, 0.1) is 6.92 Å². The summed E-state index contributed by atoms with van der Waals surface area (Å²) in [5.74, 6) is 1.92. The van der Waals surface area contributed by atoms with Gasteiger partial charge in [0.25, 0.3) is 0 Å². The largest absolute Gasteiger partial charge is 0.345 e. The molecule has 7 heteroatoms. The van der Waals surface area contributed by atoms with Crippen LogP contribution in [0.25, 0.3) is 5.65 Å². The molecule has 0 aromatic carbocycles. The minimum Gasteiger partial charge on any atom is -0.345 e. The van der Waals surface area contributed by atoms with Gasteiger partial charge in [-0.2, -0.15) is 4.98 Å². The molecule has 0 bridgehead atoms. The molecule has 0 aliphatic heterocycles. The molecular weight excluding hydrogens is 318 g/mol. The summed E-state index contributed by atoms with van der Waals surface area (Å²) in [6.45, 7) is 2.58. The number of imidazole rings is 1. The molecule has 1 aliphatic carbocycles. The maximum atomic E-state index is 12.5. The predicted molar refractivity (Wildman–Crippen MR) is 91.2 cm³/mol. The van der Waals surface area contributed by atoms with Gasteiger partial charge in [0, 0.05) is 38.3 Å². The van der Waals surface area contributed by atoms with E-state index in [1.807, 2.05) is 29.7 Å². The zero-order valence-corrected chi connectivity index (χ0v) is 14.5. The second kappa shape index (κ2) is 6.31. The molecule has 0 radical (unpaired) electrons. The second-order valence-corrected chi connectivity index (χ2v) is 6.70. The topological polar surface area (TPSA) is 76.5 Å². The van der Waals surface area contributed by atoms with Crippen molar-refractivity contribution in [3.05, 3.63) is 47.5 Å². The summed E-state index contributed by atoms with van der Waals surface area (Å²) < 4.78 is 7.22. The second-order valence-electron chi connectivity index (χ2n) is 6.70. The Morgan fingerprint density at radius 3 is 3.08 bits per heavy atom. The molecule has 1 aliphatic rings. The highest BCUT2D eigenvalue weighted by atomic mass is 16.5. The van der Waals surface area contributed by atoms with Crippen molar-refractivity contribution < 1.29 is 9.32 Å². The average Bonchev–Trinajstić information content (AvgIpc) is 3.21. The highest BCUT2D eigenvalue weighted by Crippen LogP contribution is 2.38. The lowest BCUT2D eigenvalue weighted by molar-refractivity contribution is -0.129. The fourth-order valence-corrected chi connectivity index (χ4v) is 2.88. The first-order valence-electron chi connectivity index (χ1n) is 8.60. The Labute approximate surface area is 145 Å². The fraction of sp³-hybridized carbons (Fsp3) is 0.444. The van der Waals surface area contributed by atoms with Crippen LogP contribution >= 0.6 is 0 Å². The van der Waals surface area contributed by atoms with Crippen LogP contribution in [-0.2, 0) is 17.6 Å². The highest BCUT2D eigenvalue weighted by molar-refractivity contribution is 5.78. The third-order valence-electron chi connectivity index (χ3n) is 4.65. The molecule has 0 N–H and O–H groups in total. The van der Waals surface area contributed by atoms with E-state index in [9.17, 15) is 4.79 Å². The summed E-state index contributed by atoms with van der Waals surface area (Å²) >= 11 is 0. The van der Waals surface area contributed by atoms with Crippen LogP contribution in [-0.4, -0.2) is 43.9 Å². The number of carbonyl (C=O) groups excluding carboxylic acids is 1. The number of rotatable bonds is 6. The van der Waals surface area contributed by atoms with Gasteiger partial charge in [0.15, 0.2) is 5.82 Å². The number of aromatic nitrogens is 4. The normalized spacial score (nSPS) is 14.2. The molecule has 1 saturated carbocycles. The van der Waals surface area contributed by atoms with Crippen molar-refractivity contribution in [1.82, 2.24) is 24.4 Å². The van der Waals surface area contributed by atoms with E-state index in [1.54, 1.807) is 18.1 Å². The first kappa shape index (κ1) is 15.8. The van der Waals surface area contributed by atoms with Crippen molar-refractivity contribution in [2.75, 3.05) is 13.6 Å². The Morgan fingerprint density at radius 1 is 1.44 bits per heavy atom. The third kappa shape index (κ3) is 3.26. The molecule has 1 amide bonds. The fourth-order valence-electron chi connectivity index (χ4n) is 2.88. The maximum absolute atomic E-state index is 12.5. The number of pyridine rings is 1. The van der Waals surface area contributed by atoms with Gasteiger partial charge >= 0.3 is 0 Å². The van der Waals surface area contributed by atoms with Crippen LogP contribution in [0.1, 0.15) is 41.7 Å². The van der Waals surface area contributed by atoms with Gasteiger partial charge in [-0.1, -0.05) is 11.2 Å². The van der Waals surface area contributed by atoms with Crippen LogP contribution in [0.5, 0.6) is 0 Å². The number of hydrogen-bond acceptors (Lipinski definition) is 5. The first-order valence-corrected chi connectivity index (χ1v) is 8.60. The molecule has 3 aromatic heterocycles. The van der Waals surface area contributed by atoms with E-state index in [1.165, 1.54) is 0 Å². The van der Waals surface area contributed by atoms with Crippen LogP contribution in [0.4, 0.5) is 0 Å². The molecule has 4 rings (SSSR count). The summed E-state index contributed by atoms with van der Waals surface area (Å²) in [6.07, 6.45) is 6.91. The van der Waals surface area contributed by atoms with E-state index in [0.29, 0.717) is 31.1 Å². The third-order valence-corrected chi connectivity index (χ3v) is 4.65. The average molecular weight is 339 g/mol. The molecule has 0 atom stereocenters. The summed E-state index contributed by atoms with van der Waals surface area (Å²) in [4.78, 5) is 23.0. The number of aryl methyl sites for hydroxylation is 1. The Hall–Kier alpha value is -2.70. The predicted octanol–water partition coefficient (Wildman–Crippen LogP) is 2.15. The Morgan fingerprint density at radius 2 is 2.28 bits per heavy atom. The van der Waals surface area contributed by atoms with Crippen LogP contribution in [0.15, 0.2) is 29.0 Å². The molecule has 7 nitrogen and oxygen atoms in total. The van der Waals surface area contributed by atoms with Crippen molar-refractivity contribution in [3.63, 3.8) is 0 Å². The minimum atomic E-state index is 0.0502. The summed E-state index contributed by atoms with van der Waals surface area (Å²) in [7, 11) is 1.80. The first-order chi connectivity index (χ1) is 12.1. The van der Waals surface area contributed by atoms with Crippen LogP contribution in [0.3, 0.4) is 0 Å². The Balaban J connectivity index is 1.37. The van der Waals surface area contributed by atoms with Gasteiger partial charge in [-0.15, -0.1) is 0 Å². The number of likely N-dealkylation sites (N-methyl/N-ethyl adjacent to an activating group) is 1. The van der Waals surface area contributed by atoms with Crippen LogP contribution in [0.2, 0.25) is 0 Å². The lowest BCUT2D eigenvalue weighted by Gasteiger charge is -2.16. The number of hydrogen-bond donors (Lipinski definition) is 0. The minimum absolute atomic E-state index is 0.0502. The van der Waals surface area contributed by atoms with Gasteiger partial charge in [-0.25, -0.2) is 4.98 Å². The monoisotopic (exact) mass is 339 g/mol. The number of amides is 1. The molecule has 25 heavy (non-hydrogen) atoms. The summed E-state index contributed by atoms with van der Waals surface area (Å²) in [5, 5.41) is 4.00. The molecule has 0 saturated heterocycles. The van der Waals surface area contributed by atoms with Crippen LogP contribution < -0.4 is 0 Å². The van der Waals surface area contributed by atoms with Gasteiger partial charge in [0.1, 0.15) is 5.65 Å². The number of fused-ring (bicyclic) bond motifs is 1. The number of carbonyl (C=O) groups is 1. The zero-order valence-electron chi connectivity index (χ0n) is 14.5. The molecular formula is C18H21N5O2. The quantitative estimate of drug-likeness (QED) is 0.688. The van der Waals surface area contributed by atoms with Crippen molar-refractivity contribution in [1.29, 1.82) is 0 Å². The van der Waals surface area contributed by atoms with E-state index in [-0.39, 0.29) is 5.91 Å². The van der Waals surface area contributed by atoms with Gasteiger partial charge in [0.2, 0.25) is 11.8 Å². The molecule has 1 fully saturated rings. The molecule has 0 unspecified atom stereocenters. The van der Waals surface area contributed by atoms with E-state index < -0.39 is 0 Å². The lowest BCUT2D eigenvalue weighted by atomic mass is 10.2. The standard InChI is InChI=1S/C18H21N5O2/c1-12-4-3-8-23-14(11-19-17(12)23)10-16(24)22(2)9-7-15-20-18(25-21-15)13-5-6-13/h3-4,8,11,13H,5-7,9-10H2,1-2H3. The highest BCUT2D eigenvalue weighted by Gasteiger charge is 2.29. The van der Waals surface area contributed by atoms with Gasteiger partial charge in [-0.3, -0.25) is 4.79 Å². The maximum Gasteiger partial charge on any atom is 0.229 e. The Bertz CT molecular complexity index is 909. The van der Waals surface area contributed by atoms with E-state index >= 15 is 0 Å². The Kier molecular flexibility index (Phi) is 3.99. The van der Waals surface area contributed by atoms with Crippen molar-refractivity contribution >= 4 is 11.6 Å².